The van der Waals surface area contributed by atoms with Gasteiger partial charge >= 0.3 is 0 Å². The minimum Gasteiger partial charge on any atom is -0.306 e. The zero-order valence-corrected chi connectivity index (χ0v) is 15.7. The second-order valence-corrected chi connectivity index (χ2v) is 6.92. The predicted octanol–water partition coefficient (Wildman–Crippen LogP) is 4.03. The lowest BCUT2D eigenvalue weighted by molar-refractivity contribution is -0.111. The number of amides is 1. The van der Waals surface area contributed by atoms with E-state index in [1.807, 2.05) is 0 Å². The predicted molar refractivity (Wildman–Crippen MR) is 103 cm³/mol. The van der Waals surface area contributed by atoms with Gasteiger partial charge in [-0.05, 0) is 23.8 Å². The number of nitrogens with zero attached hydrogens (tertiary/aromatic N) is 3. The van der Waals surface area contributed by atoms with E-state index >= 15 is 0 Å². The van der Waals surface area contributed by atoms with Gasteiger partial charge in [0.25, 0.3) is 0 Å². The number of ketones is 1. The van der Waals surface area contributed by atoms with Crippen LogP contribution in [0, 0.1) is 5.82 Å². The van der Waals surface area contributed by atoms with E-state index in [4.69, 9.17) is 11.6 Å². The van der Waals surface area contributed by atoms with Crippen molar-refractivity contribution in [2.45, 2.75) is 13.5 Å². The molecule has 0 bridgehead atoms. The fraction of sp³-hybridized carbons (Fsp3) is 0.111. The Kier molecular flexibility index (Phi) is 5.78. The molecule has 9 heteroatoms. The number of Topliss-reactive ketones (excluding diaryl/α,β-unsaturated/α-hetero) is 1. The van der Waals surface area contributed by atoms with E-state index in [-0.39, 0.29) is 10.8 Å². The van der Waals surface area contributed by atoms with Gasteiger partial charge in [0.05, 0.1) is 11.6 Å². The number of thiazole rings is 1. The number of hydrogen-bond acceptors (Lipinski definition) is 5. The summed E-state index contributed by atoms with van der Waals surface area (Å²) >= 11 is 7.28. The second-order valence-electron chi connectivity index (χ2n) is 5.57. The van der Waals surface area contributed by atoms with Crippen LogP contribution >= 0.6 is 22.9 Å². The third-order valence-electron chi connectivity index (χ3n) is 3.48. The zero-order chi connectivity index (χ0) is 19.4. The van der Waals surface area contributed by atoms with Crippen LogP contribution in [0.3, 0.4) is 0 Å². The summed E-state index contributed by atoms with van der Waals surface area (Å²) in [4.78, 5) is 27.5. The number of nitrogens with one attached hydrogen (secondary N) is 1. The summed E-state index contributed by atoms with van der Waals surface area (Å²) in [5.74, 6) is -0.547. The fourth-order valence-electron chi connectivity index (χ4n) is 2.17. The molecule has 0 spiro atoms. The monoisotopic (exact) mass is 404 g/mol. The summed E-state index contributed by atoms with van der Waals surface area (Å²) in [6, 6.07) is 5.58. The summed E-state index contributed by atoms with van der Waals surface area (Å²) < 4.78 is 14.6. The van der Waals surface area contributed by atoms with Crippen LogP contribution in [0.25, 0.3) is 6.08 Å². The number of hydrogen-bond donors (Lipinski definition) is 1. The number of carbonyl (C=O) groups is 2. The van der Waals surface area contributed by atoms with Crippen molar-refractivity contribution in [2.75, 3.05) is 5.32 Å². The van der Waals surface area contributed by atoms with Gasteiger partial charge in [-0.1, -0.05) is 17.7 Å². The smallest absolute Gasteiger partial charge is 0.249 e. The summed E-state index contributed by atoms with van der Waals surface area (Å²) in [6.45, 7) is 1.86. The van der Waals surface area contributed by atoms with Gasteiger partial charge in [-0.15, -0.1) is 11.3 Å². The lowest BCUT2D eigenvalue weighted by atomic mass is 10.2. The van der Waals surface area contributed by atoms with Crippen LogP contribution in [0.1, 0.15) is 28.0 Å². The average molecular weight is 405 g/mol. The van der Waals surface area contributed by atoms with E-state index in [0.29, 0.717) is 23.6 Å². The van der Waals surface area contributed by atoms with E-state index in [9.17, 15) is 14.0 Å². The standard InChI is InChI=1S/C18H14ClFN4O2S/c1-11(25)15-10-27-18(21-15)9-24-7-6-16(23-24)22-17(26)5-3-12-2-4-13(20)8-14(12)19/h2-8,10H,9H2,1H3,(H,22,23,26). The molecule has 138 valence electrons. The van der Waals surface area contributed by atoms with Crippen molar-refractivity contribution in [2.24, 2.45) is 0 Å². The van der Waals surface area contributed by atoms with Crippen LogP contribution in [-0.4, -0.2) is 26.5 Å². The van der Waals surface area contributed by atoms with Gasteiger partial charge in [0.15, 0.2) is 11.6 Å². The summed E-state index contributed by atoms with van der Waals surface area (Å²) in [5.41, 5.74) is 0.962. The Hall–Kier alpha value is -2.84. The van der Waals surface area contributed by atoms with E-state index in [1.54, 1.807) is 22.3 Å². The van der Waals surface area contributed by atoms with E-state index in [0.717, 1.165) is 5.01 Å². The largest absolute Gasteiger partial charge is 0.306 e. The molecule has 3 aromatic rings. The molecule has 0 aliphatic heterocycles. The molecule has 0 fully saturated rings. The number of benzene rings is 1. The molecule has 3 rings (SSSR count). The topological polar surface area (TPSA) is 76.9 Å². The Morgan fingerprint density at radius 3 is 2.89 bits per heavy atom. The molecule has 0 saturated heterocycles. The number of carbonyl (C=O) groups excluding carboxylic acids is 2. The van der Waals surface area contributed by atoms with Crippen molar-refractivity contribution < 1.29 is 14.0 Å². The lowest BCUT2D eigenvalue weighted by Crippen LogP contribution is -2.09. The summed E-state index contributed by atoms with van der Waals surface area (Å²) in [5, 5.41) is 9.53. The molecule has 2 aromatic heterocycles. The van der Waals surface area contributed by atoms with Crippen LogP contribution in [-0.2, 0) is 11.3 Å². The van der Waals surface area contributed by atoms with Gasteiger partial charge in [0.1, 0.15) is 16.5 Å². The molecular weight excluding hydrogens is 391 g/mol. The van der Waals surface area contributed by atoms with Crippen molar-refractivity contribution in [3.63, 3.8) is 0 Å². The van der Waals surface area contributed by atoms with Gasteiger partial charge in [-0.3, -0.25) is 14.3 Å². The van der Waals surface area contributed by atoms with Gasteiger partial charge < -0.3 is 5.32 Å². The fourth-order valence-corrected chi connectivity index (χ4v) is 3.22. The highest BCUT2D eigenvalue weighted by molar-refractivity contribution is 7.09. The van der Waals surface area contributed by atoms with Crippen LogP contribution in [0.2, 0.25) is 5.02 Å². The summed E-state index contributed by atoms with van der Waals surface area (Å²) in [6.07, 6.45) is 4.48. The van der Waals surface area contributed by atoms with Gasteiger partial charge in [0.2, 0.25) is 5.91 Å². The highest BCUT2D eigenvalue weighted by atomic mass is 35.5. The Bertz CT molecular complexity index is 1030. The first kappa shape index (κ1) is 18.9. The maximum absolute atomic E-state index is 13.0. The van der Waals surface area contributed by atoms with Crippen LogP contribution < -0.4 is 5.32 Å². The van der Waals surface area contributed by atoms with Crippen molar-refractivity contribution in [3.8, 4) is 0 Å². The highest BCUT2D eigenvalue weighted by Gasteiger charge is 2.08. The molecule has 0 atom stereocenters. The molecule has 6 nitrogen and oxygen atoms in total. The SMILES string of the molecule is CC(=O)c1csc(Cn2ccc(NC(=O)C=Cc3ccc(F)cc3Cl)n2)n1. The van der Waals surface area contributed by atoms with Gasteiger partial charge in [-0.25, -0.2) is 9.37 Å². The first-order chi connectivity index (χ1) is 12.9. The lowest BCUT2D eigenvalue weighted by Gasteiger charge is -2.00. The molecule has 2 heterocycles. The molecule has 1 aromatic carbocycles. The maximum Gasteiger partial charge on any atom is 0.249 e. The van der Waals surface area contributed by atoms with Crippen LogP contribution in [0.15, 0.2) is 41.9 Å². The number of aromatic nitrogens is 3. The Labute approximate surface area is 163 Å². The second kappa shape index (κ2) is 8.24. The number of halogens is 2. The van der Waals surface area contributed by atoms with Gasteiger partial charge in [-0.2, -0.15) is 5.10 Å². The Morgan fingerprint density at radius 1 is 1.37 bits per heavy atom. The van der Waals surface area contributed by atoms with E-state index in [2.05, 4.69) is 15.4 Å². The first-order valence-corrected chi connectivity index (χ1v) is 9.09. The molecule has 0 aliphatic rings. The number of rotatable bonds is 6. The van der Waals surface area contributed by atoms with Crippen molar-refractivity contribution in [1.82, 2.24) is 14.8 Å². The zero-order valence-electron chi connectivity index (χ0n) is 14.1. The minimum atomic E-state index is -0.442. The van der Waals surface area contributed by atoms with E-state index in [1.165, 1.54) is 48.6 Å². The minimum absolute atomic E-state index is 0.0843. The normalized spacial score (nSPS) is 11.1. The Morgan fingerprint density at radius 2 is 2.19 bits per heavy atom. The van der Waals surface area contributed by atoms with E-state index < -0.39 is 11.7 Å². The molecular formula is C18H14ClFN4O2S. The molecule has 0 aliphatic carbocycles. The van der Waals surface area contributed by atoms with Crippen LogP contribution in [0.5, 0.6) is 0 Å². The molecule has 0 unspecified atom stereocenters. The molecule has 0 saturated carbocycles. The molecule has 1 N–H and O–H groups in total. The Balaban J connectivity index is 1.60. The average Bonchev–Trinajstić information content (AvgIpc) is 3.24. The highest BCUT2D eigenvalue weighted by Crippen LogP contribution is 2.18. The summed E-state index contributed by atoms with van der Waals surface area (Å²) in [7, 11) is 0. The van der Waals surface area contributed by atoms with Crippen LogP contribution in [0.4, 0.5) is 10.2 Å². The van der Waals surface area contributed by atoms with Gasteiger partial charge in [0, 0.05) is 30.6 Å². The third-order valence-corrected chi connectivity index (χ3v) is 4.64. The quantitative estimate of drug-likeness (QED) is 0.497. The molecule has 0 radical (unpaired) electrons. The maximum atomic E-state index is 13.0. The number of anilines is 1. The molecule has 1 amide bonds. The first-order valence-electron chi connectivity index (χ1n) is 7.83. The third kappa shape index (κ3) is 5.08. The molecule has 27 heavy (non-hydrogen) atoms. The van der Waals surface area contributed by atoms with Crippen molar-refractivity contribution >= 4 is 46.5 Å². The van der Waals surface area contributed by atoms with Crippen molar-refractivity contribution in [3.05, 3.63) is 69.0 Å². The van der Waals surface area contributed by atoms with Crippen molar-refractivity contribution in [1.29, 1.82) is 0 Å².